The molecular formula is C15H19NO2. The summed E-state index contributed by atoms with van der Waals surface area (Å²) in [6.07, 6.45) is 4.56. The number of aliphatic hydroxyl groups excluding tert-OH is 1. The van der Waals surface area contributed by atoms with E-state index in [0.29, 0.717) is 12.8 Å². The Morgan fingerprint density at radius 3 is 2.28 bits per heavy atom. The molecule has 1 atom stereocenters. The highest BCUT2D eigenvalue weighted by Gasteiger charge is 2.43. The summed E-state index contributed by atoms with van der Waals surface area (Å²) in [5.41, 5.74) is 0.811. The quantitative estimate of drug-likeness (QED) is 0.804. The van der Waals surface area contributed by atoms with Crippen LogP contribution in [0.1, 0.15) is 49.3 Å². The zero-order valence-electron chi connectivity index (χ0n) is 10.5. The maximum atomic E-state index is 10.6. The summed E-state index contributed by atoms with van der Waals surface area (Å²) in [7, 11) is 0. The molecule has 1 unspecified atom stereocenters. The topological polar surface area (TPSA) is 44.8 Å². The molecule has 0 aromatic heterocycles. The van der Waals surface area contributed by atoms with E-state index in [1.54, 1.807) is 0 Å². The molecule has 0 bridgehead atoms. The first-order chi connectivity index (χ1) is 8.69. The molecule has 3 heteroatoms. The number of hydrogen-bond donors (Lipinski definition) is 2. The van der Waals surface area contributed by atoms with Gasteiger partial charge in [0.1, 0.15) is 5.60 Å². The normalized spacial score (nSPS) is 20.1. The van der Waals surface area contributed by atoms with Crippen LogP contribution < -0.4 is 0 Å². The zero-order chi connectivity index (χ0) is 13.0. The maximum absolute atomic E-state index is 10.6. The Morgan fingerprint density at radius 1 is 1.17 bits per heavy atom. The van der Waals surface area contributed by atoms with Crippen molar-refractivity contribution in [3.8, 4) is 0 Å². The minimum Gasteiger partial charge on any atom is -0.392 e. The average Bonchev–Trinajstić information content (AvgIpc) is 2.41. The van der Waals surface area contributed by atoms with Crippen molar-refractivity contribution in [1.82, 2.24) is 0 Å². The lowest BCUT2D eigenvalue weighted by atomic mass is 9.77. The summed E-state index contributed by atoms with van der Waals surface area (Å²) < 4.78 is 0. The molecule has 96 valence electrons. The zero-order valence-corrected chi connectivity index (χ0v) is 10.5. The second-order valence-electron chi connectivity index (χ2n) is 5.10. The van der Waals surface area contributed by atoms with Gasteiger partial charge in [-0.15, -0.1) is 0 Å². The number of aliphatic hydroxyl groups is 2. The van der Waals surface area contributed by atoms with Crippen molar-refractivity contribution in [1.29, 1.82) is 0 Å². The van der Waals surface area contributed by atoms with E-state index < -0.39 is 11.6 Å². The van der Waals surface area contributed by atoms with Gasteiger partial charge in [0.25, 0.3) is 6.04 Å². The third kappa shape index (κ3) is 2.55. The van der Waals surface area contributed by atoms with Crippen molar-refractivity contribution in [2.45, 2.75) is 50.4 Å². The minimum atomic E-state index is -0.874. The standard InChI is InChI=1S/C15H19NO2/c1-16-14(15(18)9-3-2-4-10-15)13-7-5-12(11-17)6-8-13/h5-8,14,17-18H,2-4,9-11H2. The first kappa shape index (κ1) is 13.1. The van der Waals surface area contributed by atoms with E-state index in [0.717, 1.165) is 30.4 Å². The van der Waals surface area contributed by atoms with E-state index in [4.69, 9.17) is 11.7 Å². The molecule has 3 nitrogen and oxygen atoms in total. The molecular weight excluding hydrogens is 226 g/mol. The Morgan fingerprint density at radius 2 is 1.78 bits per heavy atom. The monoisotopic (exact) mass is 245 g/mol. The van der Waals surface area contributed by atoms with E-state index in [-0.39, 0.29) is 6.61 Å². The van der Waals surface area contributed by atoms with Crippen molar-refractivity contribution in [3.05, 3.63) is 46.8 Å². The van der Waals surface area contributed by atoms with Gasteiger partial charge in [-0.1, -0.05) is 43.5 Å². The fraction of sp³-hybridized carbons (Fsp3) is 0.533. The van der Waals surface area contributed by atoms with E-state index in [2.05, 4.69) is 4.85 Å². The van der Waals surface area contributed by atoms with E-state index >= 15 is 0 Å². The van der Waals surface area contributed by atoms with Gasteiger partial charge in [-0.25, -0.2) is 6.57 Å². The summed E-state index contributed by atoms with van der Waals surface area (Å²) in [6, 6.07) is 6.85. The van der Waals surface area contributed by atoms with Crippen LogP contribution in [0, 0.1) is 6.57 Å². The Balaban J connectivity index is 2.24. The molecule has 1 saturated carbocycles. The molecule has 18 heavy (non-hydrogen) atoms. The Hall–Kier alpha value is -1.37. The molecule has 1 aromatic rings. The molecule has 1 aliphatic rings. The van der Waals surface area contributed by atoms with Gasteiger partial charge < -0.3 is 15.1 Å². The van der Waals surface area contributed by atoms with Crippen molar-refractivity contribution in [3.63, 3.8) is 0 Å². The van der Waals surface area contributed by atoms with Crippen molar-refractivity contribution >= 4 is 0 Å². The lowest BCUT2D eigenvalue weighted by Gasteiger charge is -2.32. The van der Waals surface area contributed by atoms with Crippen molar-refractivity contribution in [2.75, 3.05) is 0 Å². The Labute approximate surface area is 108 Å². The summed E-state index contributed by atoms with van der Waals surface area (Å²) in [5.74, 6) is 0. The van der Waals surface area contributed by atoms with Crippen molar-refractivity contribution < 1.29 is 10.2 Å². The van der Waals surface area contributed by atoms with Gasteiger partial charge in [0.15, 0.2) is 0 Å². The number of benzene rings is 1. The van der Waals surface area contributed by atoms with Crippen LogP contribution >= 0.6 is 0 Å². The minimum absolute atomic E-state index is 0.00717. The smallest absolute Gasteiger partial charge is 0.276 e. The predicted octanol–water partition coefficient (Wildman–Crippen LogP) is 2.83. The highest BCUT2D eigenvalue weighted by Crippen LogP contribution is 2.40. The van der Waals surface area contributed by atoms with Gasteiger partial charge in [-0.05, 0) is 18.4 Å². The summed E-state index contributed by atoms with van der Waals surface area (Å²) in [6.45, 7) is 7.38. The second-order valence-corrected chi connectivity index (χ2v) is 5.10. The van der Waals surface area contributed by atoms with Crippen LogP contribution in [0.25, 0.3) is 4.85 Å². The molecule has 0 amide bonds. The summed E-state index contributed by atoms with van der Waals surface area (Å²) >= 11 is 0. The van der Waals surface area contributed by atoms with Crippen LogP contribution in [-0.4, -0.2) is 15.8 Å². The summed E-state index contributed by atoms with van der Waals surface area (Å²) in [4.78, 5) is 3.65. The van der Waals surface area contributed by atoms with Gasteiger partial charge in [0, 0.05) is 5.56 Å². The molecule has 0 spiro atoms. The van der Waals surface area contributed by atoms with E-state index in [9.17, 15) is 5.11 Å². The number of nitrogens with zero attached hydrogens (tertiary/aromatic N) is 1. The number of hydrogen-bond acceptors (Lipinski definition) is 2. The lowest BCUT2D eigenvalue weighted by Crippen LogP contribution is -2.36. The van der Waals surface area contributed by atoms with Gasteiger partial charge in [0.05, 0.1) is 6.61 Å². The highest BCUT2D eigenvalue weighted by atomic mass is 16.3. The molecule has 0 saturated heterocycles. The first-order valence-electron chi connectivity index (χ1n) is 6.48. The van der Waals surface area contributed by atoms with Crippen LogP contribution in [0.15, 0.2) is 24.3 Å². The molecule has 0 aliphatic heterocycles. The highest BCUT2D eigenvalue weighted by molar-refractivity contribution is 5.29. The van der Waals surface area contributed by atoms with Crippen LogP contribution in [0.2, 0.25) is 0 Å². The van der Waals surface area contributed by atoms with Gasteiger partial charge in [0.2, 0.25) is 0 Å². The first-order valence-corrected chi connectivity index (χ1v) is 6.48. The molecule has 2 rings (SSSR count). The SMILES string of the molecule is [C-]#[N+]C(c1ccc(CO)cc1)C1(O)CCCCC1. The fourth-order valence-corrected chi connectivity index (χ4v) is 2.75. The van der Waals surface area contributed by atoms with Gasteiger partial charge >= 0.3 is 0 Å². The lowest BCUT2D eigenvalue weighted by molar-refractivity contribution is -0.00978. The molecule has 2 N–H and O–H groups in total. The maximum Gasteiger partial charge on any atom is 0.276 e. The molecule has 0 heterocycles. The number of rotatable bonds is 3. The summed E-state index contributed by atoms with van der Waals surface area (Å²) in [5, 5.41) is 19.7. The Bertz CT molecular complexity index is 427. The van der Waals surface area contributed by atoms with Gasteiger partial charge in [-0.3, -0.25) is 0 Å². The molecule has 1 aliphatic carbocycles. The van der Waals surface area contributed by atoms with Crippen LogP contribution in [0.4, 0.5) is 0 Å². The largest absolute Gasteiger partial charge is 0.392 e. The van der Waals surface area contributed by atoms with Crippen molar-refractivity contribution in [2.24, 2.45) is 0 Å². The van der Waals surface area contributed by atoms with E-state index in [1.807, 2.05) is 24.3 Å². The van der Waals surface area contributed by atoms with E-state index in [1.165, 1.54) is 0 Å². The fourth-order valence-electron chi connectivity index (χ4n) is 2.75. The van der Waals surface area contributed by atoms with Gasteiger partial charge in [-0.2, -0.15) is 0 Å². The predicted molar refractivity (Wildman–Crippen MR) is 69.7 cm³/mol. The molecule has 0 radical (unpaired) electrons. The molecule has 1 fully saturated rings. The molecule has 1 aromatic carbocycles. The van der Waals surface area contributed by atoms with Crippen LogP contribution in [0.3, 0.4) is 0 Å². The van der Waals surface area contributed by atoms with Crippen LogP contribution in [0.5, 0.6) is 0 Å². The third-order valence-corrected chi connectivity index (χ3v) is 3.84. The third-order valence-electron chi connectivity index (χ3n) is 3.84. The Kier molecular flexibility index (Phi) is 4.00. The van der Waals surface area contributed by atoms with Crippen LogP contribution in [-0.2, 0) is 6.61 Å². The second kappa shape index (κ2) is 5.51. The average molecular weight is 245 g/mol.